The summed E-state index contributed by atoms with van der Waals surface area (Å²) in [6.07, 6.45) is 10.0. The molecule has 2 aliphatic rings. The van der Waals surface area contributed by atoms with Gasteiger partial charge >= 0.3 is 0 Å². The zero-order valence-corrected chi connectivity index (χ0v) is 28.9. The summed E-state index contributed by atoms with van der Waals surface area (Å²) in [4.78, 5) is 43.8. The van der Waals surface area contributed by atoms with Crippen LogP contribution in [0.25, 0.3) is 0 Å². The molecular formula is C41H47N3O5. The Morgan fingerprint density at radius 3 is 2.43 bits per heavy atom. The predicted octanol–water partition coefficient (Wildman–Crippen LogP) is 6.69. The van der Waals surface area contributed by atoms with Gasteiger partial charge in [-0.25, -0.2) is 0 Å². The van der Waals surface area contributed by atoms with Crippen molar-refractivity contribution in [3.8, 4) is 0 Å². The van der Waals surface area contributed by atoms with Crippen molar-refractivity contribution in [3.63, 3.8) is 0 Å². The van der Waals surface area contributed by atoms with Gasteiger partial charge in [0, 0.05) is 42.2 Å². The third-order valence-corrected chi connectivity index (χ3v) is 9.54. The van der Waals surface area contributed by atoms with Crippen molar-refractivity contribution in [2.75, 3.05) is 23.4 Å². The van der Waals surface area contributed by atoms with Crippen molar-refractivity contribution in [1.29, 1.82) is 0 Å². The maximum atomic E-state index is 14.2. The monoisotopic (exact) mass is 661 g/mol. The van der Waals surface area contributed by atoms with E-state index in [1.165, 1.54) is 5.57 Å². The Labute approximate surface area is 289 Å². The fourth-order valence-corrected chi connectivity index (χ4v) is 6.61. The number of nitrogens with one attached hydrogen (secondary N) is 1. The van der Waals surface area contributed by atoms with E-state index in [1.54, 1.807) is 71.3 Å². The number of aliphatic hydroxyl groups excluding tert-OH is 1. The normalized spacial score (nSPS) is 19.4. The average Bonchev–Trinajstić information content (AvgIpc) is 3.32. The summed E-state index contributed by atoms with van der Waals surface area (Å²) >= 11 is 0. The molecule has 8 heteroatoms. The highest BCUT2D eigenvalue weighted by atomic mass is 16.3. The molecule has 0 spiro atoms. The number of benzene rings is 3. The molecule has 2 heterocycles. The number of fused-ring (bicyclic) bond motifs is 2. The second-order valence-electron chi connectivity index (χ2n) is 13.4. The molecule has 3 amide bonds. The minimum Gasteiger partial charge on any atom is -0.394 e. The summed E-state index contributed by atoms with van der Waals surface area (Å²) < 4.78 is 0. The molecule has 3 atom stereocenters. The van der Waals surface area contributed by atoms with Crippen LogP contribution in [0.2, 0.25) is 0 Å². The Hall–Kier alpha value is -4.79. The summed E-state index contributed by atoms with van der Waals surface area (Å²) in [6, 6.07) is 21.7. The highest BCUT2D eigenvalue weighted by Gasteiger charge is 2.52. The second-order valence-corrected chi connectivity index (χ2v) is 13.4. The van der Waals surface area contributed by atoms with Gasteiger partial charge in [-0.05, 0) is 81.5 Å². The molecule has 256 valence electrons. The second kappa shape index (κ2) is 15.6. The molecule has 3 aromatic rings. The number of hydrogen-bond acceptors (Lipinski definition) is 5. The molecule has 0 unspecified atom stereocenters. The molecule has 0 aromatic heterocycles. The van der Waals surface area contributed by atoms with Crippen molar-refractivity contribution >= 4 is 29.1 Å². The Kier molecular flexibility index (Phi) is 11.3. The molecular weight excluding hydrogens is 614 g/mol. The third kappa shape index (κ3) is 7.93. The van der Waals surface area contributed by atoms with E-state index in [-0.39, 0.29) is 30.9 Å². The number of aliphatic hydroxyl groups is 2. The van der Waals surface area contributed by atoms with Crippen LogP contribution in [0.1, 0.15) is 74.0 Å². The average molecular weight is 662 g/mol. The van der Waals surface area contributed by atoms with Gasteiger partial charge in [0.15, 0.2) is 5.60 Å². The largest absolute Gasteiger partial charge is 0.394 e. The smallest absolute Gasteiger partial charge is 0.264 e. The quantitative estimate of drug-likeness (QED) is 0.187. The van der Waals surface area contributed by atoms with Crippen molar-refractivity contribution in [1.82, 2.24) is 4.90 Å². The summed E-state index contributed by atoms with van der Waals surface area (Å²) in [6.45, 7) is 8.52. The van der Waals surface area contributed by atoms with Gasteiger partial charge in [-0.3, -0.25) is 14.4 Å². The molecule has 0 radical (unpaired) electrons. The molecule has 5 rings (SSSR count). The molecule has 8 nitrogen and oxygen atoms in total. The summed E-state index contributed by atoms with van der Waals surface area (Å²) in [5, 5.41) is 25.2. The number of rotatable bonds is 12. The fraction of sp³-hybridized carbons (Fsp3) is 0.341. The van der Waals surface area contributed by atoms with Crippen LogP contribution in [0.3, 0.4) is 0 Å². The molecule has 0 saturated heterocycles. The van der Waals surface area contributed by atoms with E-state index in [1.807, 2.05) is 43.3 Å². The van der Waals surface area contributed by atoms with Crippen LogP contribution in [-0.2, 0) is 28.2 Å². The zero-order valence-electron chi connectivity index (χ0n) is 28.9. The van der Waals surface area contributed by atoms with Crippen molar-refractivity contribution in [2.45, 2.75) is 71.6 Å². The van der Waals surface area contributed by atoms with E-state index in [0.717, 1.165) is 29.5 Å². The van der Waals surface area contributed by atoms with Crippen LogP contribution in [0.5, 0.6) is 0 Å². The van der Waals surface area contributed by atoms with E-state index in [9.17, 15) is 24.6 Å². The first kappa shape index (κ1) is 35.5. The van der Waals surface area contributed by atoms with Gasteiger partial charge in [-0.15, -0.1) is 0 Å². The topological polar surface area (TPSA) is 110 Å². The summed E-state index contributed by atoms with van der Waals surface area (Å²) in [5.74, 6) is -1.59. The molecule has 0 aliphatic carbocycles. The van der Waals surface area contributed by atoms with Gasteiger partial charge < -0.3 is 25.3 Å². The van der Waals surface area contributed by atoms with E-state index in [0.29, 0.717) is 42.0 Å². The first-order valence-electron chi connectivity index (χ1n) is 17.0. The summed E-state index contributed by atoms with van der Waals surface area (Å²) in [5.41, 5.74) is 4.60. The number of carbonyl (C=O) groups excluding carboxylic acids is 3. The van der Waals surface area contributed by atoms with E-state index < -0.39 is 17.4 Å². The van der Waals surface area contributed by atoms with E-state index in [2.05, 4.69) is 25.2 Å². The van der Waals surface area contributed by atoms with Crippen LogP contribution in [0.4, 0.5) is 11.4 Å². The molecule has 3 N–H and O–H groups in total. The Balaban J connectivity index is 1.38. The maximum Gasteiger partial charge on any atom is 0.264 e. The molecule has 3 aromatic carbocycles. The number of allylic oxidation sites excluding steroid dienone is 3. The maximum absolute atomic E-state index is 14.2. The highest BCUT2D eigenvalue weighted by molar-refractivity contribution is 6.09. The van der Waals surface area contributed by atoms with Crippen LogP contribution in [0, 0.1) is 5.92 Å². The van der Waals surface area contributed by atoms with Crippen molar-refractivity contribution < 1.29 is 24.6 Å². The zero-order chi connectivity index (χ0) is 35.1. The molecule has 2 aliphatic heterocycles. The minimum absolute atomic E-state index is 0.0602. The van der Waals surface area contributed by atoms with Crippen molar-refractivity contribution in [3.05, 3.63) is 131 Å². The lowest BCUT2D eigenvalue weighted by Crippen LogP contribution is -2.46. The number of hydrogen-bond donors (Lipinski definition) is 3. The van der Waals surface area contributed by atoms with Crippen LogP contribution in [0.15, 0.2) is 108 Å². The molecule has 49 heavy (non-hydrogen) atoms. The minimum atomic E-state index is -1.93. The Morgan fingerprint density at radius 1 is 1.00 bits per heavy atom. The summed E-state index contributed by atoms with van der Waals surface area (Å²) in [7, 11) is 0. The molecule has 0 bridgehead atoms. The first-order valence-corrected chi connectivity index (χ1v) is 17.0. The van der Waals surface area contributed by atoms with Crippen LogP contribution in [-0.4, -0.2) is 52.0 Å². The number of carbonyl (C=O) groups is 3. The highest BCUT2D eigenvalue weighted by Crippen LogP contribution is 2.46. The van der Waals surface area contributed by atoms with E-state index >= 15 is 0 Å². The Morgan fingerprint density at radius 2 is 1.71 bits per heavy atom. The standard InChI is InChI=1S/C41H47N3O5/c1-28(2)12-10-13-29(3)22-23-43-37-21-20-34(42-39(47)31-15-6-5-7-16-31)25-36(37)41(49,40(43)48)30(4)14-11-19-38(46)44-26-33-18-9-8-17-32(33)24-35(44)27-45/h5-9,11-12,14-18,20-22,25,30,35,45,49H,10,13,19,23-24,26-27H2,1-4H3,(H,42,47)/b14-11+,29-22+/t30-,35-,41+/m0/s1. The number of amides is 3. The number of nitrogens with zero attached hydrogens (tertiary/aromatic N) is 2. The predicted molar refractivity (Wildman–Crippen MR) is 194 cm³/mol. The lowest BCUT2D eigenvalue weighted by Gasteiger charge is -2.36. The lowest BCUT2D eigenvalue weighted by atomic mass is 9.82. The van der Waals surface area contributed by atoms with E-state index in [4.69, 9.17) is 0 Å². The van der Waals surface area contributed by atoms with Gasteiger partial charge in [0.25, 0.3) is 11.8 Å². The third-order valence-electron chi connectivity index (χ3n) is 9.54. The molecule has 0 fully saturated rings. The van der Waals surface area contributed by atoms with Gasteiger partial charge in [-0.2, -0.15) is 0 Å². The Bertz CT molecular complexity index is 1770. The lowest BCUT2D eigenvalue weighted by molar-refractivity contribution is -0.139. The van der Waals surface area contributed by atoms with Gasteiger partial charge in [0.1, 0.15) is 0 Å². The SMILES string of the molecule is CC(C)=CCC/C(C)=C/CN1C(=O)[C@@](O)([C@@H](C)/C=C/CC(=O)N2Cc3ccccc3C[C@H]2CO)c2cc(NC(=O)c3ccccc3)ccc21. The van der Waals surface area contributed by atoms with Crippen LogP contribution >= 0.6 is 0 Å². The number of anilines is 2. The van der Waals surface area contributed by atoms with Gasteiger partial charge in [0.05, 0.1) is 18.3 Å². The van der Waals surface area contributed by atoms with Crippen molar-refractivity contribution in [2.24, 2.45) is 5.92 Å². The fourth-order valence-electron chi connectivity index (χ4n) is 6.61. The van der Waals surface area contributed by atoms with Gasteiger partial charge in [0.2, 0.25) is 5.91 Å². The molecule has 0 saturated carbocycles. The van der Waals surface area contributed by atoms with Crippen LogP contribution < -0.4 is 10.2 Å². The first-order chi connectivity index (χ1) is 23.5. The van der Waals surface area contributed by atoms with Gasteiger partial charge in [-0.1, -0.05) is 84.8 Å².